The summed E-state index contributed by atoms with van der Waals surface area (Å²) in [4.78, 5) is 0. The zero-order chi connectivity index (χ0) is 30.5. The molecule has 2 nitrogen and oxygen atoms in total. The summed E-state index contributed by atoms with van der Waals surface area (Å²) in [5.41, 5.74) is 10.5. The largest absolute Gasteiger partial charge is 0.355 e. The monoisotopic (exact) mass is 586 g/mol. The number of hydrogen-bond acceptors (Lipinski definition) is 1. The first-order valence-corrected chi connectivity index (χ1v) is 15.8. The lowest BCUT2D eigenvalue weighted by Gasteiger charge is -2.12. The molecule has 0 aliphatic rings. The van der Waals surface area contributed by atoms with Gasteiger partial charge in [0.05, 0.1) is 11.0 Å². The Balaban J connectivity index is 1.07. The molecular formula is C44H30N2. The Morgan fingerprint density at radius 2 is 0.935 bits per heavy atom. The third-order valence-electron chi connectivity index (χ3n) is 9.11. The minimum absolute atomic E-state index is 1.07. The van der Waals surface area contributed by atoms with Crippen molar-refractivity contribution in [2.45, 2.75) is 0 Å². The molecule has 0 radical (unpaired) electrons. The molecule has 9 rings (SSSR count). The fourth-order valence-electron chi connectivity index (χ4n) is 6.92. The van der Waals surface area contributed by atoms with Crippen LogP contribution in [0, 0.1) is 0 Å². The third-order valence-corrected chi connectivity index (χ3v) is 9.11. The molecule has 0 bridgehead atoms. The second-order valence-electron chi connectivity index (χ2n) is 11.9. The molecule has 1 heterocycles. The first-order valence-electron chi connectivity index (χ1n) is 15.8. The summed E-state index contributed by atoms with van der Waals surface area (Å²) in [6.07, 6.45) is 0. The number of nitrogens with one attached hydrogen (secondary N) is 1. The summed E-state index contributed by atoms with van der Waals surface area (Å²) in [7, 11) is 0. The van der Waals surface area contributed by atoms with Crippen LogP contribution in [-0.2, 0) is 0 Å². The fraction of sp³-hybridized carbons (Fsp3) is 0. The number of fused-ring (bicyclic) bond motifs is 6. The van der Waals surface area contributed by atoms with Gasteiger partial charge in [0, 0.05) is 27.8 Å². The number of rotatable bonds is 5. The molecule has 0 saturated heterocycles. The lowest BCUT2D eigenvalue weighted by Crippen LogP contribution is -1.93. The molecule has 0 amide bonds. The van der Waals surface area contributed by atoms with Crippen molar-refractivity contribution in [3.8, 4) is 27.9 Å². The van der Waals surface area contributed by atoms with Gasteiger partial charge in [-0.3, -0.25) is 0 Å². The topological polar surface area (TPSA) is 17.0 Å². The summed E-state index contributed by atoms with van der Waals surface area (Å²) in [6, 6.07) is 63.4. The second kappa shape index (κ2) is 10.8. The standard InChI is InChI=1S/C44H30N2/c1-2-15-38(16-3-1)46-43-19-7-6-18-41(43)42-24-22-34(29-44(42)46)32-12-8-11-31(26-32)33-13-9-14-36(27-33)45-37-23-25-40-35(28-37)21-20-30-10-4-5-17-39(30)40/h1-29,45H. The molecule has 0 fully saturated rings. The average molecular weight is 587 g/mol. The Morgan fingerprint density at radius 3 is 1.80 bits per heavy atom. The van der Waals surface area contributed by atoms with Crippen molar-refractivity contribution in [1.82, 2.24) is 4.57 Å². The van der Waals surface area contributed by atoms with E-state index in [2.05, 4.69) is 186 Å². The van der Waals surface area contributed by atoms with Gasteiger partial charge in [0.15, 0.2) is 0 Å². The van der Waals surface area contributed by atoms with Crippen LogP contribution in [0.4, 0.5) is 11.4 Å². The summed E-state index contributed by atoms with van der Waals surface area (Å²) < 4.78 is 2.38. The second-order valence-corrected chi connectivity index (χ2v) is 11.9. The van der Waals surface area contributed by atoms with Crippen LogP contribution in [0.15, 0.2) is 176 Å². The zero-order valence-corrected chi connectivity index (χ0v) is 25.2. The quantitative estimate of drug-likeness (QED) is 0.199. The number of aromatic nitrogens is 1. The van der Waals surface area contributed by atoms with Gasteiger partial charge in [0.1, 0.15) is 0 Å². The molecule has 9 aromatic rings. The van der Waals surface area contributed by atoms with E-state index in [0.29, 0.717) is 0 Å². The van der Waals surface area contributed by atoms with E-state index in [1.807, 2.05) is 0 Å². The highest BCUT2D eigenvalue weighted by Crippen LogP contribution is 2.36. The molecule has 0 spiro atoms. The van der Waals surface area contributed by atoms with E-state index in [0.717, 1.165) is 11.4 Å². The predicted molar refractivity (Wildman–Crippen MR) is 196 cm³/mol. The Kier molecular flexibility index (Phi) is 6.17. The van der Waals surface area contributed by atoms with Crippen LogP contribution in [0.5, 0.6) is 0 Å². The van der Waals surface area contributed by atoms with Crippen LogP contribution in [0.25, 0.3) is 71.3 Å². The van der Waals surface area contributed by atoms with E-state index in [-0.39, 0.29) is 0 Å². The molecule has 0 aliphatic heterocycles. The van der Waals surface area contributed by atoms with E-state index in [4.69, 9.17) is 0 Å². The van der Waals surface area contributed by atoms with Crippen molar-refractivity contribution in [3.05, 3.63) is 176 Å². The first kappa shape index (κ1) is 26.3. The van der Waals surface area contributed by atoms with Gasteiger partial charge < -0.3 is 9.88 Å². The number of hydrogen-bond donors (Lipinski definition) is 1. The summed E-state index contributed by atoms with van der Waals surface area (Å²) in [5, 5.41) is 11.2. The van der Waals surface area contributed by atoms with Gasteiger partial charge in [-0.1, -0.05) is 121 Å². The van der Waals surface area contributed by atoms with Crippen molar-refractivity contribution in [1.29, 1.82) is 0 Å². The van der Waals surface area contributed by atoms with Crippen molar-refractivity contribution >= 4 is 54.7 Å². The highest BCUT2D eigenvalue weighted by molar-refractivity contribution is 6.10. The van der Waals surface area contributed by atoms with E-state index in [9.17, 15) is 0 Å². The molecule has 2 heteroatoms. The van der Waals surface area contributed by atoms with Gasteiger partial charge in [-0.2, -0.15) is 0 Å². The highest BCUT2D eigenvalue weighted by Gasteiger charge is 2.13. The van der Waals surface area contributed by atoms with Crippen molar-refractivity contribution in [2.24, 2.45) is 0 Å². The zero-order valence-electron chi connectivity index (χ0n) is 25.2. The van der Waals surface area contributed by atoms with Gasteiger partial charge in [-0.05, 0) is 98.4 Å². The molecule has 1 aromatic heterocycles. The van der Waals surface area contributed by atoms with Crippen molar-refractivity contribution in [3.63, 3.8) is 0 Å². The Bertz CT molecular complexity index is 2560. The van der Waals surface area contributed by atoms with Gasteiger partial charge in [0.25, 0.3) is 0 Å². The SMILES string of the molecule is c1ccc(-n2c3ccccc3c3ccc(-c4cccc(-c5cccc(Nc6ccc7c(ccc8ccccc87)c6)c5)c4)cc32)cc1. The highest BCUT2D eigenvalue weighted by atomic mass is 15.0. The average Bonchev–Trinajstić information content (AvgIpc) is 3.46. The van der Waals surface area contributed by atoms with E-state index < -0.39 is 0 Å². The summed E-state index contributed by atoms with van der Waals surface area (Å²) in [6.45, 7) is 0. The lowest BCUT2D eigenvalue weighted by molar-refractivity contribution is 1.18. The molecular weight excluding hydrogens is 556 g/mol. The summed E-state index contributed by atoms with van der Waals surface area (Å²) >= 11 is 0. The minimum atomic E-state index is 1.07. The molecule has 1 N–H and O–H groups in total. The van der Waals surface area contributed by atoms with Crippen molar-refractivity contribution in [2.75, 3.05) is 5.32 Å². The van der Waals surface area contributed by atoms with Gasteiger partial charge >= 0.3 is 0 Å². The molecule has 0 aliphatic carbocycles. The maximum Gasteiger partial charge on any atom is 0.0547 e. The fourth-order valence-corrected chi connectivity index (χ4v) is 6.92. The number of anilines is 2. The smallest absolute Gasteiger partial charge is 0.0547 e. The normalized spacial score (nSPS) is 11.5. The van der Waals surface area contributed by atoms with E-state index >= 15 is 0 Å². The van der Waals surface area contributed by atoms with Crippen LogP contribution in [0.3, 0.4) is 0 Å². The molecule has 0 unspecified atom stereocenters. The maximum absolute atomic E-state index is 3.65. The van der Waals surface area contributed by atoms with Crippen LogP contribution in [-0.4, -0.2) is 4.57 Å². The number of para-hydroxylation sites is 2. The van der Waals surface area contributed by atoms with Crippen LogP contribution in [0.2, 0.25) is 0 Å². The molecule has 216 valence electrons. The summed E-state index contributed by atoms with van der Waals surface area (Å²) in [5.74, 6) is 0. The van der Waals surface area contributed by atoms with Crippen LogP contribution < -0.4 is 5.32 Å². The number of nitrogens with zero attached hydrogens (tertiary/aromatic N) is 1. The Hall–Kier alpha value is -6.12. The van der Waals surface area contributed by atoms with Crippen molar-refractivity contribution < 1.29 is 0 Å². The molecule has 8 aromatic carbocycles. The molecule has 46 heavy (non-hydrogen) atoms. The van der Waals surface area contributed by atoms with Gasteiger partial charge in [-0.25, -0.2) is 0 Å². The number of benzene rings is 8. The third kappa shape index (κ3) is 4.51. The van der Waals surface area contributed by atoms with Gasteiger partial charge in [0.2, 0.25) is 0 Å². The first-order chi connectivity index (χ1) is 22.8. The Morgan fingerprint density at radius 1 is 0.326 bits per heavy atom. The van der Waals surface area contributed by atoms with E-state index in [1.54, 1.807) is 0 Å². The Labute approximate surface area is 267 Å². The lowest BCUT2D eigenvalue weighted by atomic mass is 9.98. The van der Waals surface area contributed by atoms with Crippen LogP contribution >= 0.6 is 0 Å². The minimum Gasteiger partial charge on any atom is -0.355 e. The predicted octanol–water partition coefficient (Wildman–Crippen LogP) is 12.2. The molecule has 0 saturated carbocycles. The van der Waals surface area contributed by atoms with Gasteiger partial charge in [-0.15, -0.1) is 0 Å². The maximum atomic E-state index is 3.65. The molecule has 0 atom stereocenters. The van der Waals surface area contributed by atoms with Crippen LogP contribution in [0.1, 0.15) is 0 Å². The van der Waals surface area contributed by atoms with E-state index in [1.165, 1.54) is 71.3 Å².